The molecule has 0 heterocycles. The standard InChI is InChI=1S/C12H25N3/c1-3-11(8-12(13)14)15(4-2)9-10-6-5-7-10/h10-11H,3-9H2,1-2H3,(H3,13,14). The van der Waals surface area contributed by atoms with Gasteiger partial charge in [0.2, 0.25) is 0 Å². The minimum atomic E-state index is 0.328. The molecule has 0 aromatic carbocycles. The second-order valence-corrected chi connectivity index (χ2v) is 4.68. The van der Waals surface area contributed by atoms with E-state index in [1.807, 2.05) is 0 Å². The lowest BCUT2D eigenvalue weighted by Crippen LogP contribution is -2.41. The van der Waals surface area contributed by atoms with Crippen molar-refractivity contribution in [3.05, 3.63) is 0 Å². The van der Waals surface area contributed by atoms with E-state index in [1.54, 1.807) is 0 Å². The molecule has 1 rings (SSSR count). The maximum absolute atomic E-state index is 7.39. The SMILES string of the molecule is CCC(CC(=N)N)N(CC)CC1CCC1. The van der Waals surface area contributed by atoms with Gasteiger partial charge in [0.15, 0.2) is 0 Å². The van der Waals surface area contributed by atoms with Crippen LogP contribution < -0.4 is 5.73 Å². The van der Waals surface area contributed by atoms with Crippen molar-refractivity contribution in [3.8, 4) is 0 Å². The van der Waals surface area contributed by atoms with Gasteiger partial charge in [-0.3, -0.25) is 10.3 Å². The van der Waals surface area contributed by atoms with Crippen molar-refractivity contribution in [1.82, 2.24) is 4.90 Å². The van der Waals surface area contributed by atoms with Crippen molar-refractivity contribution in [2.24, 2.45) is 11.7 Å². The first-order valence-corrected chi connectivity index (χ1v) is 6.24. The first-order valence-electron chi connectivity index (χ1n) is 6.24. The third-order valence-corrected chi connectivity index (χ3v) is 3.57. The Labute approximate surface area is 93.5 Å². The predicted molar refractivity (Wildman–Crippen MR) is 65.2 cm³/mol. The molecule has 1 fully saturated rings. The van der Waals surface area contributed by atoms with E-state index in [0.29, 0.717) is 11.9 Å². The fourth-order valence-corrected chi connectivity index (χ4v) is 2.33. The smallest absolute Gasteiger partial charge is 0.0921 e. The molecule has 0 aromatic heterocycles. The highest BCUT2D eigenvalue weighted by atomic mass is 15.2. The quantitative estimate of drug-likeness (QED) is 0.501. The monoisotopic (exact) mass is 211 g/mol. The van der Waals surface area contributed by atoms with E-state index in [0.717, 1.165) is 25.3 Å². The van der Waals surface area contributed by atoms with Gasteiger partial charge >= 0.3 is 0 Å². The second kappa shape index (κ2) is 6.11. The van der Waals surface area contributed by atoms with E-state index >= 15 is 0 Å². The fraction of sp³-hybridized carbons (Fsp3) is 0.917. The lowest BCUT2D eigenvalue weighted by molar-refractivity contribution is 0.138. The number of nitrogens with one attached hydrogen (secondary N) is 1. The number of nitrogens with two attached hydrogens (primary N) is 1. The summed E-state index contributed by atoms with van der Waals surface area (Å²) in [5.41, 5.74) is 5.50. The number of amidine groups is 1. The molecule has 0 bridgehead atoms. The third-order valence-electron chi connectivity index (χ3n) is 3.57. The summed E-state index contributed by atoms with van der Waals surface area (Å²) in [6.07, 6.45) is 6.03. The average Bonchev–Trinajstić information content (AvgIpc) is 2.13. The van der Waals surface area contributed by atoms with Gasteiger partial charge in [0.1, 0.15) is 0 Å². The second-order valence-electron chi connectivity index (χ2n) is 4.68. The van der Waals surface area contributed by atoms with Gasteiger partial charge in [-0.2, -0.15) is 0 Å². The minimum absolute atomic E-state index is 0.328. The van der Waals surface area contributed by atoms with Gasteiger partial charge in [-0.1, -0.05) is 20.3 Å². The van der Waals surface area contributed by atoms with Crippen LogP contribution in [-0.4, -0.2) is 29.9 Å². The third kappa shape index (κ3) is 3.82. The van der Waals surface area contributed by atoms with Crippen molar-refractivity contribution in [3.63, 3.8) is 0 Å². The number of hydrogen-bond acceptors (Lipinski definition) is 2. The van der Waals surface area contributed by atoms with Gasteiger partial charge in [-0.15, -0.1) is 0 Å². The molecule has 3 N–H and O–H groups in total. The Balaban J connectivity index is 2.40. The number of rotatable bonds is 7. The first kappa shape index (κ1) is 12.5. The lowest BCUT2D eigenvalue weighted by Gasteiger charge is -2.36. The van der Waals surface area contributed by atoms with Crippen LogP contribution >= 0.6 is 0 Å². The van der Waals surface area contributed by atoms with E-state index in [-0.39, 0.29) is 0 Å². The number of hydrogen-bond donors (Lipinski definition) is 2. The topological polar surface area (TPSA) is 53.1 Å². The highest BCUT2D eigenvalue weighted by molar-refractivity contribution is 5.77. The molecule has 0 aromatic rings. The fourth-order valence-electron chi connectivity index (χ4n) is 2.33. The highest BCUT2D eigenvalue weighted by Gasteiger charge is 2.23. The van der Waals surface area contributed by atoms with Crippen molar-refractivity contribution in [2.45, 2.75) is 52.0 Å². The van der Waals surface area contributed by atoms with E-state index in [2.05, 4.69) is 18.7 Å². The Bertz CT molecular complexity index is 199. The van der Waals surface area contributed by atoms with Crippen LogP contribution in [0.15, 0.2) is 0 Å². The Morgan fingerprint density at radius 1 is 1.47 bits per heavy atom. The molecule has 1 atom stereocenters. The zero-order valence-electron chi connectivity index (χ0n) is 10.1. The van der Waals surface area contributed by atoms with Crippen LogP contribution in [0.25, 0.3) is 0 Å². The van der Waals surface area contributed by atoms with E-state index in [9.17, 15) is 0 Å². The zero-order valence-corrected chi connectivity index (χ0v) is 10.1. The molecule has 0 saturated heterocycles. The summed E-state index contributed by atoms with van der Waals surface area (Å²) in [7, 11) is 0. The lowest BCUT2D eigenvalue weighted by atomic mass is 9.84. The average molecular weight is 211 g/mol. The Morgan fingerprint density at radius 2 is 2.13 bits per heavy atom. The molecule has 1 unspecified atom stereocenters. The Morgan fingerprint density at radius 3 is 2.47 bits per heavy atom. The normalized spacial score (nSPS) is 18.9. The van der Waals surface area contributed by atoms with Crippen LogP contribution in [0.5, 0.6) is 0 Å². The van der Waals surface area contributed by atoms with Gasteiger partial charge in [0, 0.05) is 19.0 Å². The van der Waals surface area contributed by atoms with E-state index in [4.69, 9.17) is 11.1 Å². The summed E-state index contributed by atoms with van der Waals surface area (Å²) < 4.78 is 0. The summed E-state index contributed by atoms with van der Waals surface area (Å²) >= 11 is 0. The van der Waals surface area contributed by atoms with Crippen molar-refractivity contribution in [1.29, 1.82) is 5.41 Å². The molecule has 3 heteroatoms. The molecule has 0 aliphatic heterocycles. The summed E-state index contributed by atoms with van der Waals surface area (Å²) in [6.45, 7) is 6.70. The van der Waals surface area contributed by atoms with Gasteiger partial charge in [0.05, 0.1) is 5.84 Å². The van der Waals surface area contributed by atoms with E-state index < -0.39 is 0 Å². The molecule has 3 nitrogen and oxygen atoms in total. The maximum Gasteiger partial charge on any atom is 0.0921 e. The van der Waals surface area contributed by atoms with Crippen LogP contribution in [0.1, 0.15) is 46.0 Å². The minimum Gasteiger partial charge on any atom is -0.388 e. The Kier molecular flexibility index (Phi) is 5.09. The molecule has 88 valence electrons. The van der Waals surface area contributed by atoms with Gasteiger partial charge in [-0.25, -0.2) is 0 Å². The summed E-state index contributed by atoms with van der Waals surface area (Å²) in [5, 5.41) is 7.39. The predicted octanol–water partition coefficient (Wildman–Crippen LogP) is 2.21. The first-order chi connectivity index (χ1) is 7.17. The van der Waals surface area contributed by atoms with Gasteiger partial charge in [-0.05, 0) is 31.7 Å². The highest BCUT2D eigenvalue weighted by Crippen LogP contribution is 2.28. The molecule has 0 spiro atoms. The van der Waals surface area contributed by atoms with Gasteiger partial charge < -0.3 is 5.73 Å². The molecule has 1 aliphatic rings. The number of nitrogens with zero attached hydrogens (tertiary/aromatic N) is 1. The molecule has 0 radical (unpaired) electrons. The largest absolute Gasteiger partial charge is 0.388 e. The van der Waals surface area contributed by atoms with Crippen LogP contribution in [0.3, 0.4) is 0 Å². The van der Waals surface area contributed by atoms with Crippen molar-refractivity contribution >= 4 is 5.84 Å². The molecular formula is C12H25N3. The Hall–Kier alpha value is -0.570. The summed E-state index contributed by atoms with van der Waals surface area (Å²) in [5.74, 6) is 1.24. The zero-order chi connectivity index (χ0) is 11.3. The van der Waals surface area contributed by atoms with Crippen LogP contribution in [-0.2, 0) is 0 Å². The molecule has 1 saturated carbocycles. The van der Waals surface area contributed by atoms with Crippen LogP contribution in [0, 0.1) is 11.3 Å². The molecule has 0 amide bonds. The maximum atomic E-state index is 7.39. The molecule has 1 aliphatic carbocycles. The van der Waals surface area contributed by atoms with Crippen molar-refractivity contribution < 1.29 is 0 Å². The molecule has 15 heavy (non-hydrogen) atoms. The van der Waals surface area contributed by atoms with Crippen LogP contribution in [0.2, 0.25) is 0 Å². The van der Waals surface area contributed by atoms with E-state index in [1.165, 1.54) is 25.8 Å². The summed E-state index contributed by atoms with van der Waals surface area (Å²) in [4.78, 5) is 2.51. The van der Waals surface area contributed by atoms with Crippen LogP contribution in [0.4, 0.5) is 0 Å². The molecular weight excluding hydrogens is 186 g/mol. The summed E-state index contributed by atoms with van der Waals surface area (Å²) in [6, 6.07) is 0.480. The van der Waals surface area contributed by atoms with Gasteiger partial charge in [0.25, 0.3) is 0 Å². The van der Waals surface area contributed by atoms with Crippen molar-refractivity contribution in [2.75, 3.05) is 13.1 Å².